The summed E-state index contributed by atoms with van der Waals surface area (Å²) in [6, 6.07) is 0. The molecule has 0 atom stereocenters. The van der Waals surface area contributed by atoms with E-state index in [0.717, 1.165) is 9.80 Å². The average Bonchev–Trinajstić information content (AvgIpc) is 2.70. The van der Waals surface area contributed by atoms with E-state index in [1.54, 1.807) is 6.92 Å². The van der Waals surface area contributed by atoms with Crippen molar-refractivity contribution in [2.75, 3.05) is 20.6 Å². The van der Waals surface area contributed by atoms with Crippen molar-refractivity contribution in [3.8, 4) is 0 Å². The molecule has 2 saturated heterocycles. The average molecular weight is 561 g/mol. The molecule has 2 rings (SSSR count). The van der Waals surface area contributed by atoms with E-state index in [1.807, 2.05) is 0 Å². The second-order valence-electron chi connectivity index (χ2n) is 4.83. The third kappa shape index (κ3) is 4.77. The maximum absolute atomic E-state index is 11.4. The first kappa shape index (κ1) is 27.5. The molecule has 0 N–H and O–H groups in total. The second kappa shape index (κ2) is 11.9. The number of β-lactam (4-membered cyclic amide) rings is 4. The van der Waals surface area contributed by atoms with E-state index >= 15 is 0 Å². The van der Waals surface area contributed by atoms with Crippen molar-refractivity contribution in [2.45, 2.75) is 13.7 Å². The van der Waals surface area contributed by atoms with Gasteiger partial charge in [0.05, 0.1) is 0 Å². The molecule has 28 heavy (non-hydrogen) atoms. The van der Waals surface area contributed by atoms with Gasteiger partial charge in [0.25, 0.3) is 29.0 Å². The molecular weight excluding hydrogens is 547 g/mol. The molecule has 0 unspecified atom stereocenters. The van der Waals surface area contributed by atoms with Crippen molar-refractivity contribution < 1.29 is 59.4 Å². The normalized spacial score (nSPS) is 15.3. The van der Waals surface area contributed by atoms with Crippen molar-refractivity contribution in [2.24, 2.45) is 5.41 Å². The van der Waals surface area contributed by atoms with E-state index in [4.69, 9.17) is 0 Å². The molecule has 2 heterocycles. The third-order valence-electron chi connectivity index (χ3n) is 3.43. The summed E-state index contributed by atoms with van der Waals surface area (Å²) in [4.78, 5) is 85.9. The van der Waals surface area contributed by atoms with Gasteiger partial charge in [-0.3, -0.25) is 29.0 Å². The Morgan fingerprint density at radius 2 is 1.29 bits per heavy atom. The van der Waals surface area contributed by atoms with E-state index in [1.165, 1.54) is 54.0 Å². The number of hydrogen-bond donors (Lipinski definition) is 0. The molecule has 1 radical (unpaired) electrons. The van der Waals surface area contributed by atoms with E-state index in [9.17, 15) is 38.4 Å². The number of amides is 8. The summed E-state index contributed by atoms with van der Waals surface area (Å²) < 4.78 is 0. The number of imide groups is 4. The minimum atomic E-state index is -1.98. The fraction of sp³-hybridized carbons (Fsp3) is 0.429. The molecule has 14 heteroatoms. The van der Waals surface area contributed by atoms with Gasteiger partial charge in [0.15, 0.2) is 7.41 Å². The van der Waals surface area contributed by atoms with Crippen LogP contribution in [0.15, 0.2) is 0 Å². The molecule has 2 aliphatic rings. The summed E-state index contributed by atoms with van der Waals surface area (Å²) in [6.45, 7) is 3.35. The molecule has 8 amide bonds. The van der Waals surface area contributed by atoms with Crippen LogP contribution in [-0.2, 0) is 59.4 Å². The van der Waals surface area contributed by atoms with E-state index in [2.05, 4.69) is 0 Å². The summed E-state index contributed by atoms with van der Waals surface area (Å²) >= 11 is 0. The van der Waals surface area contributed by atoms with Crippen molar-refractivity contribution in [1.82, 2.24) is 19.5 Å². The minimum Gasteiger partial charge on any atom is -0.689 e. The van der Waals surface area contributed by atoms with Crippen LogP contribution in [0.5, 0.6) is 0 Å². The maximum atomic E-state index is 11.4. The van der Waals surface area contributed by atoms with Crippen LogP contribution in [0.4, 0.5) is 0 Å². The van der Waals surface area contributed by atoms with Crippen LogP contribution in [0, 0.1) is 5.41 Å². The van der Waals surface area contributed by atoms with Gasteiger partial charge in [-0.15, -0.1) is 0 Å². The van der Waals surface area contributed by atoms with Gasteiger partial charge in [-0.2, -0.15) is 12.8 Å². The molecule has 2 aliphatic heterocycles. The topological polar surface area (TPSA) is 150 Å². The fourth-order valence-corrected chi connectivity index (χ4v) is 1.97. The van der Waals surface area contributed by atoms with E-state index in [-0.39, 0.29) is 27.6 Å². The van der Waals surface area contributed by atoms with Crippen LogP contribution in [0.1, 0.15) is 6.92 Å². The number of hydrogen-bond acceptors (Lipinski definition) is 8. The van der Waals surface area contributed by atoms with Crippen LogP contribution < -0.4 is 0 Å². The zero-order chi connectivity index (χ0) is 21.4. The van der Waals surface area contributed by atoms with Gasteiger partial charge < -0.3 is 28.9 Å². The number of carbonyl (C=O) groups excluding carboxylic acids is 8. The number of rotatable bonds is 6. The van der Waals surface area contributed by atoms with Gasteiger partial charge in [0, 0.05) is 34.7 Å². The molecule has 12 nitrogen and oxygen atoms in total. The standard InChI is InChI=1S/C8H8N2O4.C3H3BNO2.C3H3NO2.W/c1-3-10-6(13)8(7(10)14)4(11)9(2)5(8)12;1-4-5(2-6)3-7;1-4(2-5)3-6;/h3H2,1-2H3;1H3;1H3;/q;2*-2;. The molecule has 1 spiro atoms. The minimum absolute atomic E-state index is 0. The van der Waals surface area contributed by atoms with Crippen LogP contribution in [0.3, 0.4) is 0 Å². The van der Waals surface area contributed by atoms with Crippen molar-refractivity contribution in [3.63, 3.8) is 0 Å². The number of nitrogens with zero attached hydrogens (tertiary/aromatic N) is 4. The first-order valence-corrected chi connectivity index (χ1v) is 7.18. The van der Waals surface area contributed by atoms with Crippen molar-refractivity contribution in [1.29, 1.82) is 0 Å². The van der Waals surface area contributed by atoms with Crippen LogP contribution in [-0.4, -0.2) is 96.8 Å². The smallest absolute Gasteiger partial charge is 0.284 e. The van der Waals surface area contributed by atoms with E-state index in [0.29, 0.717) is 9.71 Å². The Kier molecular flexibility index (Phi) is 11.7. The van der Waals surface area contributed by atoms with Gasteiger partial charge in [0.1, 0.15) is 0 Å². The summed E-state index contributed by atoms with van der Waals surface area (Å²) in [5, 5.41) is 0. The summed E-state index contributed by atoms with van der Waals surface area (Å²) in [6.07, 6.45) is 5.16. The van der Waals surface area contributed by atoms with Crippen LogP contribution >= 0.6 is 0 Å². The van der Waals surface area contributed by atoms with Crippen LogP contribution in [0.2, 0.25) is 6.82 Å². The van der Waals surface area contributed by atoms with Crippen molar-refractivity contribution >= 4 is 56.7 Å². The van der Waals surface area contributed by atoms with Gasteiger partial charge in [-0.05, 0) is 14.0 Å². The van der Waals surface area contributed by atoms with Crippen molar-refractivity contribution in [3.05, 3.63) is 0 Å². The third-order valence-corrected chi connectivity index (χ3v) is 3.43. The molecule has 0 aromatic rings. The largest absolute Gasteiger partial charge is 0.689 e. The molecule has 2 fully saturated rings. The Morgan fingerprint density at radius 3 is 1.46 bits per heavy atom. The van der Waals surface area contributed by atoms with Gasteiger partial charge in [-0.1, -0.05) is 6.82 Å². The Morgan fingerprint density at radius 1 is 0.893 bits per heavy atom. The zero-order valence-corrected chi connectivity index (χ0v) is 18.2. The molecule has 0 bridgehead atoms. The first-order chi connectivity index (χ1) is 12.6. The Hall–Kier alpha value is -2.69. The predicted molar refractivity (Wildman–Crippen MR) is 86.6 cm³/mol. The summed E-state index contributed by atoms with van der Waals surface area (Å²) in [5.41, 5.74) is -1.98. The molecule has 0 saturated carbocycles. The zero-order valence-electron chi connectivity index (χ0n) is 15.2. The van der Waals surface area contributed by atoms with E-state index < -0.39 is 29.0 Å². The maximum Gasteiger partial charge on any atom is 0.284 e. The van der Waals surface area contributed by atoms with Crippen LogP contribution in [0.25, 0.3) is 0 Å². The van der Waals surface area contributed by atoms with Gasteiger partial charge >= 0.3 is 0 Å². The molecule has 0 aromatic carbocycles. The fourth-order valence-electron chi connectivity index (χ4n) is 1.97. The molecule has 0 aliphatic carbocycles. The SMILES string of the molecule is CCN1C(=O)C2(C(=O)N(C)C2=O)C1=O.CN([C-]=O)[C-]=O.C[B]N([C-]=O)[C-]=O.[W]. The Bertz CT molecular complexity index is 624. The quantitative estimate of drug-likeness (QED) is 0.107. The van der Waals surface area contributed by atoms with Gasteiger partial charge in [-0.25, -0.2) is 12.8 Å². The second-order valence-corrected chi connectivity index (χ2v) is 4.83. The monoisotopic (exact) mass is 561 g/mol. The summed E-state index contributed by atoms with van der Waals surface area (Å²) in [5.74, 6) is -2.78. The first-order valence-electron chi connectivity index (χ1n) is 7.18. The number of carbonyl (C=O) groups is 4. The Balaban J connectivity index is 0. The predicted octanol–water partition coefficient (Wildman–Crippen LogP) is -3.50. The molecule has 0 aromatic heterocycles. The molecule has 151 valence electrons. The summed E-state index contributed by atoms with van der Waals surface area (Å²) in [7, 11) is 3.78. The van der Waals surface area contributed by atoms with Gasteiger partial charge in [0.2, 0.25) is 0 Å². The molecular formula is C14H14BN4O8W-4. The Labute approximate surface area is 175 Å². The number of likely N-dealkylation sites (tertiary alicyclic amines) is 2.